The number of nitrogens with two attached hydrogens (primary N) is 1. The highest BCUT2D eigenvalue weighted by Gasteiger charge is 2.14. The molecule has 1 amide bonds. The van der Waals surface area contributed by atoms with Gasteiger partial charge in [0.15, 0.2) is 5.82 Å². The Labute approximate surface area is 119 Å². The third-order valence-corrected chi connectivity index (χ3v) is 2.86. The summed E-state index contributed by atoms with van der Waals surface area (Å²) in [4.78, 5) is 20.3. The van der Waals surface area contributed by atoms with Gasteiger partial charge in [-0.2, -0.15) is 4.98 Å². The van der Waals surface area contributed by atoms with Crippen LogP contribution in [0.2, 0.25) is 0 Å². The zero-order valence-electron chi connectivity index (χ0n) is 11.1. The molecule has 0 bridgehead atoms. The molecule has 106 valence electrons. The molecule has 21 heavy (non-hydrogen) atoms. The highest BCUT2D eigenvalue weighted by atomic mass is 16.5. The standard InChI is InChI=1S/C13H12N6O2/c1-7-15-13(21-19-7)17-12(20)10-6-8-4-2-3-5-9(8)11(16-10)18-14/h2-6H,14H2,1H3,(H,16,18)(H,15,17,19,20). The number of rotatable bonds is 3. The predicted octanol–water partition coefficient (Wildman–Crippen LogP) is 1.46. The highest BCUT2D eigenvalue weighted by Crippen LogP contribution is 2.22. The van der Waals surface area contributed by atoms with Crippen molar-refractivity contribution in [1.82, 2.24) is 15.1 Å². The lowest BCUT2D eigenvalue weighted by atomic mass is 10.1. The molecule has 2 heterocycles. The van der Waals surface area contributed by atoms with Crippen LogP contribution in [0.4, 0.5) is 11.8 Å². The van der Waals surface area contributed by atoms with Crippen molar-refractivity contribution < 1.29 is 9.32 Å². The maximum Gasteiger partial charge on any atom is 0.328 e. The number of hydrogen-bond acceptors (Lipinski definition) is 7. The Morgan fingerprint density at radius 1 is 1.29 bits per heavy atom. The molecule has 2 aromatic heterocycles. The maximum absolute atomic E-state index is 12.2. The molecular formula is C13H12N6O2. The van der Waals surface area contributed by atoms with Gasteiger partial charge in [0.2, 0.25) is 0 Å². The molecule has 0 atom stereocenters. The second-order valence-electron chi connectivity index (χ2n) is 4.32. The summed E-state index contributed by atoms with van der Waals surface area (Å²) in [6.45, 7) is 1.66. The van der Waals surface area contributed by atoms with E-state index < -0.39 is 5.91 Å². The van der Waals surface area contributed by atoms with E-state index in [0.717, 1.165) is 10.8 Å². The molecule has 1 aromatic carbocycles. The molecule has 0 fully saturated rings. The van der Waals surface area contributed by atoms with Crippen molar-refractivity contribution >= 4 is 28.5 Å². The number of aromatic nitrogens is 3. The van der Waals surface area contributed by atoms with Crippen LogP contribution in [0.5, 0.6) is 0 Å². The maximum atomic E-state index is 12.2. The number of benzene rings is 1. The lowest BCUT2D eigenvalue weighted by Crippen LogP contribution is -2.16. The third kappa shape index (κ3) is 2.51. The number of hydrogen-bond donors (Lipinski definition) is 3. The Bertz CT molecular complexity index is 813. The summed E-state index contributed by atoms with van der Waals surface area (Å²) in [5.41, 5.74) is 2.68. The van der Waals surface area contributed by atoms with Crippen molar-refractivity contribution in [2.45, 2.75) is 6.92 Å². The van der Waals surface area contributed by atoms with Crippen LogP contribution in [0.25, 0.3) is 10.8 Å². The fourth-order valence-electron chi connectivity index (χ4n) is 1.93. The van der Waals surface area contributed by atoms with Crippen molar-refractivity contribution in [3.8, 4) is 0 Å². The highest BCUT2D eigenvalue weighted by molar-refractivity contribution is 6.05. The number of nitrogens with one attached hydrogen (secondary N) is 2. The van der Waals surface area contributed by atoms with E-state index in [9.17, 15) is 4.79 Å². The van der Waals surface area contributed by atoms with Crippen LogP contribution in [-0.2, 0) is 0 Å². The fourth-order valence-corrected chi connectivity index (χ4v) is 1.93. The quantitative estimate of drug-likeness (QED) is 0.492. The molecule has 0 aliphatic heterocycles. The predicted molar refractivity (Wildman–Crippen MR) is 76.5 cm³/mol. The number of nitrogen functional groups attached to an aromatic ring is 1. The summed E-state index contributed by atoms with van der Waals surface area (Å²) in [6, 6.07) is 9.15. The van der Waals surface area contributed by atoms with Gasteiger partial charge in [0.05, 0.1) is 0 Å². The molecule has 3 aromatic rings. The minimum absolute atomic E-state index is 0.0229. The van der Waals surface area contributed by atoms with Crippen molar-refractivity contribution in [3.05, 3.63) is 41.9 Å². The van der Waals surface area contributed by atoms with E-state index in [1.165, 1.54) is 0 Å². The smallest absolute Gasteiger partial charge is 0.315 e. The van der Waals surface area contributed by atoms with E-state index >= 15 is 0 Å². The summed E-state index contributed by atoms with van der Waals surface area (Å²) in [5, 5.41) is 7.74. The summed E-state index contributed by atoms with van der Waals surface area (Å²) in [5.74, 6) is 5.85. The van der Waals surface area contributed by atoms with Crippen LogP contribution in [0.15, 0.2) is 34.9 Å². The Hall–Kier alpha value is -3.00. The van der Waals surface area contributed by atoms with Gasteiger partial charge < -0.3 is 9.95 Å². The number of pyridine rings is 1. The summed E-state index contributed by atoms with van der Waals surface area (Å²) < 4.78 is 4.84. The van der Waals surface area contributed by atoms with Crippen LogP contribution in [-0.4, -0.2) is 21.0 Å². The van der Waals surface area contributed by atoms with Gasteiger partial charge in [0.25, 0.3) is 5.91 Å². The zero-order valence-corrected chi connectivity index (χ0v) is 11.1. The van der Waals surface area contributed by atoms with Crippen LogP contribution in [0.3, 0.4) is 0 Å². The molecule has 8 heteroatoms. The Balaban J connectivity index is 1.98. The number of fused-ring (bicyclic) bond motifs is 1. The summed E-state index contributed by atoms with van der Waals surface area (Å²) >= 11 is 0. The number of hydrazine groups is 1. The van der Waals surface area contributed by atoms with E-state index in [1.807, 2.05) is 24.3 Å². The lowest BCUT2D eigenvalue weighted by Gasteiger charge is -2.07. The van der Waals surface area contributed by atoms with Crippen LogP contribution in [0, 0.1) is 6.92 Å². The molecule has 4 N–H and O–H groups in total. The number of anilines is 2. The van der Waals surface area contributed by atoms with Gasteiger partial charge in [-0.05, 0) is 18.4 Å². The summed E-state index contributed by atoms with van der Waals surface area (Å²) in [6.07, 6.45) is 0. The average Bonchev–Trinajstić information content (AvgIpc) is 2.91. The molecule has 0 aliphatic rings. The first-order valence-electron chi connectivity index (χ1n) is 6.15. The van der Waals surface area contributed by atoms with Crippen molar-refractivity contribution in [2.75, 3.05) is 10.7 Å². The normalized spacial score (nSPS) is 10.6. The zero-order chi connectivity index (χ0) is 14.8. The molecule has 0 aliphatic carbocycles. The first-order valence-corrected chi connectivity index (χ1v) is 6.15. The van der Waals surface area contributed by atoms with E-state index in [4.69, 9.17) is 10.4 Å². The molecule has 0 saturated heterocycles. The minimum atomic E-state index is -0.457. The molecule has 8 nitrogen and oxygen atoms in total. The van der Waals surface area contributed by atoms with Gasteiger partial charge in [-0.25, -0.2) is 10.8 Å². The largest absolute Gasteiger partial charge is 0.328 e. The second-order valence-corrected chi connectivity index (χ2v) is 4.32. The lowest BCUT2D eigenvalue weighted by molar-refractivity contribution is 0.101. The third-order valence-electron chi connectivity index (χ3n) is 2.86. The Morgan fingerprint density at radius 2 is 2.10 bits per heavy atom. The number of aryl methyl sites for hydroxylation is 1. The first kappa shape index (κ1) is 13.0. The molecule has 0 unspecified atom stereocenters. The van der Waals surface area contributed by atoms with Crippen molar-refractivity contribution in [1.29, 1.82) is 0 Å². The topological polar surface area (TPSA) is 119 Å². The second kappa shape index (κ2) is 5.17. The molecule has 0 spiro atoms. The fraction of sp³-hybridized carbons (Fsp3) is 0.0769. The van der Waals surface area contributed by atoms with E-state index in [2.05, 4.69) is 25.9 Å². The van der Waals surface area contributed by atoms with Crippen LogP contribution >= 0.6 is 0 Å². The average molecular weight is 284 g/mol. The van der Waals surface area contributed by atoms with Crippen molar-refractivity contribution in [2.24, 2.45) is 5.84 Å². The van der Waals surface area contributed by atoms with Gasteiger partial charge in [0.1, 0.15) is 11.5 Å². The van der Waals surface area contributed by atoms with Crippen molar-refractivity contribution in [3.63, 3.8) is 0 Å². The monoisotopic (exact) mass is 284 g/mol. The first-order chi connectivity index (χ1) is 10.2. The van der Waals surface area contributed by atoms with E-state index in [-0.39, 0.29) is 11.7 Å². The van der Waals surface area contributed by atoms with Crippen LogP contribution in [0.1, 0.15) is 16.3 Å². The summed E-state index contributed by atoms with van der Waals surface area (Å²) in [7, 11) is 0. The molecule has 0 radical (unpaired) electrons. The minimum Gasteiger partial charge on any atom is -0.315 e. The van der Waals surface area contributed by atoms with Gasteiger partial charge >= 0.3 is 6.01 Å². The molecule has 0 saturated carbocycles. The van der Waals surface area contributed by atoms with Gasteiger partial charge in [-0.1, -0.05) is 29.4 Å². The number of amides is 1. The molecular weight excluding hydrogens is 272 g/mol. The Morgan fingerprint density at radius 3 is 2.81 bits per heavy atom. The van der Waals surface area contributed by atoms with Crippen LogP contribution < -0.4 is 16.6 Å². The number of nitrogens with zero attached hydrogens (tertiary/aromatic N) is 3. The number of carbonyl (C=O) groups excluding carboxylic acids is 1. The SMILES string of the molecule is Cc1noc(NC(=O)c2cc3ccccc3c(NN)n2)n1. The Kier molecular flexibility index (Phi) is 3.20. The van der Waals surface area contributed by atoms with E-state index in [1.54, 1.807) is 13.0 Å². The molecule has 3 rings (SSSR count). The van der Waals surface area contributed by atoms with Gasteiger partial charge in [0, 0.05) is 5.39 Å². The van der Waals surface area contributed by atoms with Gasteiger partial charge in [-0.3, -0.25) is 10.1 Å². The van der Waals surface area contributed by atoms with Gasteiger partial charge in [-0.15, -0.1) is 0 Å². The van der Waals surface area contributed by atoms with E-state index in [0.29, 0.717) is 11.6 Å². The number of carbonyl (C=O) groups is 1.